The van der Waals surface area contributed by atoms with Crippen LogP contribution in [0.15, 0.2) is 46.4 Å². The number of aromatic nitrogens is 5. The van der Waals surface area contributed by atoms with Gasteiger partial charge < -0.3 is 9.72 Å². The molecule has 1 N–H and O–H groups in total. The van der Waals surface area contributed by atoms with Gasteiger partial charge in [-0.2, -0.15) is 11.8 Å². The Bertz CT molecular complexity index is 1570. The van der Waals surface area contributed by atoms with Crippen molar-refractivity contribution in [3.05, 3.63) is 75.0 Å². The summed E-state index contributed by atoms with van der Waals surface area (Å²) in [7, 11) is 0. The Labute approximate surface area is 215 Å². The van der Waals surface area contributed by atoms with Gasteiger partial charge in [0, 0.05) is 37.1 Å². The first-order chi connectivity index (χ1) is 18.0. The third-order valence-electron chi connectivity index (χ3n) is 7.58. The standard InChI is InChI=1S/C26H28F2N6O2S/c27-16-1-6-23-31-19(15-32(23)14-16)13-29-18-2-4-20(5-3-18)34-25(35)22-11-17(28)12-30-24(22)33(26(34)36)21-7-9-37-10-8-21/h1,6,11-12,14-15,18,20-21,29H,2-5,7-10,13H2. The third-order valence-corrected chi connectivity index (χ3v) is 8.63. The average Bonchev–Trinajstić information content (AvgIpc) is 3.31. The number of thioether (sulfide) groups is 1. The maximum Gasteiger partial charge on any atom is 0.333 e. The predicted octanol–water partition coefficient (Wildman–Crippen LogP) is 3.83. The largest absolute Gasteiger partial charge is 0.333 e. The number of nitrogens with zero attached hydrogens (tertiary/aromatic N) is 5. The number of pyridine rings is 2. The van der Waals surface area contributed by atoms with E-state index < -0.39 is 11.4 Å². The smallest absolute Gasteiger partial charge is 0.308 e. The summed E-state index contributed by atoms with van der Waals surface area (Å²) in [6, 6.07) is 4.17. The molecule has 0 bridgehead atoms. The van der Waals surface area contributed by atoms with Gasteiger partial charge in [0.05, 0.1) is 17.3 Å². The maximum atomic E-state index is 14.1. The molecule has 4 aromatic heterocycles. The van der Waals surface area contributed by atoms with Crippen LogP contribution in [0.3, 0.4) is 0 Å². The minimum absolute atomic E-state index is 0.0435. The fourth-order valence-electron chi connectivity index (χ4n) is 5.69. The van der Waals surface area contributed by atoms with Gasteiger partial charge in [0.2, 0.25) is 0 Å². The van der Waals surface area contributed by atoms with E-state index in [0.29, 0.717) is 25.0 Å². The van der Waals surface area contributed by atoms with Crippen LogP contribution in [0.25, 0.3) is 16.7 Å². The van der Waals surface area contributed by atoms with Crippen LogP contribution in [0.1, 0.15) is 56.3 Å². The first-order valence-corrected chi connectivity index (χ1v) is 13.9. The number of fused-ring (bicyclic) bond motifs is 2. The van der Waals surface area contributed by atoms with Gasteiger partial charge in [-0.25, -0.2) is 23.5 Å². The van der Waals surface area contributed by atoms with E-state index in [2.05, 4.69) is 15.3 Å². The second kappa shape index (κ2) is 10.0. The first-order valence-electron chi connectivity index (χ1n) is 12.7. The van der Waals surface area contributed by atoms with Crippen molar-refractivity contribution in [2.24, 2.45) is 0 Å². The number of halogens is 2. The van der Waals surface area contributed by atoms with Gasteiger partial charge in [0.1, 0.15) is 22.9 Å². The van der Waals surface area contributed by atoms with E-state index in [9.17, 15) is 18.4 Å². The average molecular weight is 527 g/mol. The highest BCUT2D eigenvalue weighted by Crippen LogP contribution is 2.30. The van der Waals surface area contributed by atoms with Crippen molar-refractivity contribution in [1.29, 1.82) is 0 Å². The minimum Gasteiger partial charge on any atom is -0.308 e. The monoisotopic (exact) mass is 526 g/mol. The number of nitrogens with one attached hydrogen (secondary N) is 1. The quantitative estimate of drug-likeness (QED) is 0.426. The zero-order chi connectivity index (χ0) is 25.5. The van der Waals surface area contributed by atoms with Crippen molar-refractivity contribution in [2.45, 2.75) is 63.2 Å². The topological polar surface area (TPSA) is 86.2 Å². The summed E-state index contributed by atoms with van der Waals surface area (Å²) in [5.74, 6) is 0.989. The molecule has 5 heterocycles. The number of hydrogen-bond acceptors (Lipinski definition) is 6. The molecule has 1 saturated carbocycles. The SMILES string of the molecule is O=c1c2cc(F)cnc2n(C2CCSCC2)c(=O)n1C1CCC(NCc2cn3cc(F)ccc3n2)CC1. The van der Waals surface area contributed by atoms with Gasteiger partial charge in [-0.15, -0.1) is 0 Å². The molecule has 2 fully saturated rings. The van der Waals surface area contributed by atoms with Crippen molar-refractivity contribution in [3.8, 4) is 0 Å². The molecule has 6 rings (SSSR count). The molecular formula is C26H28F2N6O2S. The zero-order valence-electron chi connectivity index (χ0n) is 20.3. The number of imidazole rings is 1. The molecule has 11 heteroatoms. The van der Waals surface area contributed by atoms with E-state index in [1.165, 1.54) is 22.9 Å². The van der Waals surface area contributed by atoms with E-state index in [4.69, 9.17) is 0 Å². The van der Waals surface area contributed by atoms with Gasteiger partial charge in [0.25, 0.3) is 5.56 Å². The Morgan fingerprint density at radius 1 is 0.946 bits per heavy atom. The molecule has 0 atom stereocenters. The lowest BCUT2D eigenvalue weighted by atomic mass is 9.91. The summed E-state index contributed by atoms with van der Waals surface area (Å²) < 4.78 is 32.2. The molecule has 2 aliphatic rings. The highest BCUT2D eigenvalue weighted by molar-refractivity contribution is 7.99. The second-order valence-corrected chi connectivity index (χ2v) is 11.2. The fourth-order valence-corrected chi connectivity index (χ4v) is 6.77. The van der Waals surface area contributed by atoms with Crippen LogP contribution in [0.2, 0.25) is 0 Å². The minimum atomic E-state index is -0.580. The summed E-state index contributed by atoms with van der Waals surface area (Å²) in [5.41, 5.74) is 1.01. The summed E-state index contributed by atoms with van der Waals surface area (Å²) in [4.78, 5) is 35.8. The van der Waals surface area contributed by atoms with Crippen molar-refractivity contribution in [1.82, 2.24) is 28.8 Å². The summed E-state index contributed by atoms with van der Waals surface area (Å²) in [6.45, 7) is 0.548. The lowest BCUT2D eigenvalue weighted by Gasteiger charge is -2.31. The molecular weight excluding hydrogens is 498 g/mol. The molecule has 0 spiro atoms. The molecule has 0 radical (unpaired) electrons. The van der Waals surface area contributed by atoms with E-state index in [-0.39, 0.29) is 40.7 Å². The fraction of sp³-hybridized carbons (Fsp3) is 0.462. The van der Waals surface area contributed by atoms with Gasteiger partial charge >= 0.3 is 5.69 Å². The van der Waals surface area contributed by atoms with Crippen molar-refractivity contribution in [2.75, 3.05) is 11.5 Å². The molecule has 1 aliphatic carbocycles. The van der Waals surface area contributed by atoms with E-state index in [1.54, 1.807) is 15.0 Å². The van der Waals surface area contributed by atoms with E-state index in [1.807, 2.05) is 18.0 Å². The number of rotatable bonds is 5. The Morgan fingerprint density at radius 3 is 2.49 bits per heavy atom. The summed E-state index contributed by atoms with van der Waals surface area (Å²) in [6.07, 6.45) is 8.85. The molecule has 8 nitrogen and oxygen atoms in total. The van der Waals surface area contributed by atoms with Crippen LogP contribution in [-0.4, -0.2) is 41.1 Å². The van der Waals surface area contributed by atoms with Crippen LogP contribution in [0.4, 0.5) is 8.78 Å². The van der Waals surface area contributed by atoms with E-state index in [0.717, 1.165) is 49.1 Å². The summed E-state index contributed by atoms with van der Waals surface area (Å²) >= 11 is 1.85. The lowest BCUT2D eigenvalue weighted by Crippen LogP contribution is -2.46. The maximum absolute atomic E-state index is 14.1. The molecule has 194 valence electrons. The normalized spacial score (nSPS) is 21.1. The molecule has 37 heavy (non-hydrogen) atoms. The molecule has 0 amide bonds. The Hall–Kier alpha value is -3.05. The van der Waals surface area contributed by atoms with Gasteiger partial charge in [0.15, 0.2) is 0 Å². The van der Waals surface area contributed by atoms with Crippen molar-refractivity contribution < 1.29 is 8.78 Å². The van der Waals surface area contributed by atoms with Crippen LogP contribution in [0, 0.1) is 11.6 Å². The molecule has 1 saturated heterocycles. The van der Waals surface area contributed by atoms with E-state index >= 15 is 0 Å². The van der Waals surface area contributed by atoms with Gasteiger partial charge in [-0.1, -0.05) is 0 Å². The van der Waals surface area contributed by atoms with Crippen LogP contribution >= 0.6 is 11.8 Å². The van der Waals surface area contributed by atoms with Gasteiger partial charge in [-0.05, 0) is 68.2 Å². The van der Waals surface area contributed by atoms with Crippen LogP contribution in [0.5, 0.6) is 0 Å². The Morgan fingerprint density at radius 2 is 1.70 bits per heavy atom. The predicted molar refractivity (Wildman–Crippen MR) is 139 cm³/mol. The van der Waals surface area contributed by atoms with Crippen molar-refractivity contribution in [3.63, 3.8) is 0 Å². The second-order valence-electron chi connectivity index (χ2n) is 9.93. The molecule has 1 aliphatic heterocycles. The highest BCUT2D eigenvalue weighted by Gasteiger charge is 2.29. The summed E-state index contributed by atoms with van der Waals surface area (Å²) in [5, 5.41) is 3.68. The van der Waals surface area contributed by atoms with Gasteiger partial charge in [-0.3, -0.25) is 13.9 Å². The third kappa shape index (κ3) is 4.70. The molecule has 0 aromatic carbocycles. The van der Waals surface area contributed by atoms with Crippen molar-refractivity contribution >= 4 is 28.4 Å². The number of hydrogen-bond donors (Lipinski definition) is 1. The Kier molecular flexibility index (Phi) is 6.58. The lowest BCUT2D eigenvalue weighted by molar-refractivity contribution is 0.274. The first kappa shape index (κ1) is 24.3. The molecule has 0 unspecified atom stereocenters. The van der Waals surface area contributed by atoms with Crippen LogP contribution < -0.4 is 16.6 Å². The van der Waals surface area contributed by atoms with Crippen LogP contribution in [-0.2, 0) is 6.54 Å². The Balaban J connectivity index is 1.22. The molecule has 4 aromatic rings. The zero-order valence-corrected chi connectivity index (χ0v) is 21.1. The highest BCUT2D eigenvalue weighted by atomic mass is 32.2.